The maximum absolute atomic E-state index is 12.5. The van der Waals surface area contributed by atoms with Crippen LogP contribution in [0, 0.1) is 6.92 Å². The van der Waals surface area contributed by atoms with E-state index in [0.717, 1.165) is 30.8 Å². The molecule has 126 valence electrons. The van der Waals surface area contributed by atoms with Crippen LogP contribution in [-0.4, -0.2) is 21.9 Å². The van der Waals surface area contributed by atoms with Gasteiger partial charge in [0.1, 0.15) is 17.3 Å². The fraction of sp³-hybridized carbons (Fsp3) is 0.421. The molecule has 0 aliphatic heterocycles. The van der Waals surface area contributed by atoms with Crippen molar-refractivity contribution in [1.82, 2.24) is 9.97 Å². The Hall–Kier alpha value is -2.43. The molecule has 1 fully saturated rings. The average Bonchev–Trinajstić information content (AvgIpc) is 3.08. The minimum Gasteiger partial charge on any atom is -0.367 e. The molecule has 1 aromatic heterocycles. The van der Waals surface area contributed by atoms with Crippen LogP contribution in [0.3, 0.4) is 0 Å². The zero-order valence-electron chi connectivity index (χ0n) is 14.3. The maximum atomic E-state index is 12.5. The van der Waals surface area contributed by atoms with Gasteiger partial charge in [-0.3, -0.25) is 4.79 Å². The van der Waals surface area contributed by atoms with E-state index in [2.05, 4.69) is 27.5 Å². The lowest BCUT2D eigenvalue weighted by molar-refractivity contribution is 0.102. The van der Waals surface area contributed by atoms with Crippen molar-refractivity contribution < 1.29 is 4.79 Å². The van der Waals surface area contributed by atoms with Crippen LogP contribution in [0.25, 0.3) is 0 Å². The third-order valence-electron chi connectivity index (χ3n) is 4.40. The number of hydrogen-bond acceptors (Lipinski definition) is 4. The van der Waals surface area contributed by atoms with E-state index in [0.29, 0.717) is 17.6 Å². The van der Waals surface area contributed by atoms with Gasteiger partial charge in [0.25, 0.3) is 5.91 Å². The molecule has 5 nitrogen and oxygen atoms in total. The first kappa shape index (κ1) is 16.4. The van der Waals surface area contributed by atoms with Crippen LogP contribution in [0.1, 0.15) is 54.5 Å². The van der Waals surface area contributed by atoms with Gasteiger partial charge in [0.2, 0.25) is 0 Å². The van der Waals surface area contributed by atoms with Crippen LogP contribution in [0.4, 0.5) is 11.5 Å². The normalized spacial score (nSPS) is 14.6. The van der Waals surface area contributed by atoms with Gasteiger partial charge in [-0.2, -0.15) is 0 Å². The van der Waals surface area contributed by atoms with Gasteiger partial charge in [0.05, 0.1) is 0 Å². The van der Waals surface area contributed by atoms with E-state index < -0.39 is 0 Å². The number of anilines is 2. The van der Waals surface area contributed by atoms with Gasteiger partial charge < -0.3 is 10.6 Å². The first-order chi connectivity index (χ1) is 11.6. The number of aromatic nitrogens is 2. The smallest absolute Gasteiger partial charge is 0.274 e. The molecule has 24 heavy (non-hydrogen) atoms. The lowest BCUT2D eigenvalue weighted by Crippen LogP contribution is -2.19. The van der Waals surface area contributed by atoms with E-state index in [4.69, 9.17) is 0 Å². The summed E-state index contributed by atoms with van der Waals surface area (Å²) >= 11 is 0. The highest BCUT2D eigenvalue weighted by molar-refractivity contribution is 6.03. The van der Waals surface area contributed by atoms with E-state index in [1.54, 1.807) is 6.07 Å². The molecule has 1 amide bonds. The van der Waals surface area contributed by atoms with Gasteiger partial charge in [-0.05, 0) is 43.9 Å². The molecule has 0 spiro atoms. The third-order valence-corrected chi connectivity index (χ3v) is 4.40. The third kappa shape index (κ3) is 4.10. The van der Waals surface area contributed by atoms with E-state index >= 15 is 0 Å². The Morgan fingerprint density at radius 1 is 1.17 bits per heavy atom. The van der Waals surface area contributed by atoms with Crippen molar-refractivity contribution in [3.63, 3.8) is 0 Å². The predicted octanol–water partition coefficient (Wildman–Crippen LogP) is 3.95. The molecule has 2 aromatic rings. The van der Waals surface area contributed by atoms with Crippen LogP contribution in [0.5, 0.6) is 0 Å². The van der Waals surface area contributed by atoms with Gasteiger partial charge >= 0.3 is 0 Å². The van der Waals surface area contributed by atoms with E-state index in [-0.39, 0.29) is 5.91 Å². The molecule has 1 heterocycles. The highest BCUT2D eigenvalue weighted by Crippen LogP contribution is 2.22. The van der Waals surface area contributed by atoms with E-state index in [1.807, 2.05) is 31.2 Å². The first-order valence-corrected chi connectivity index (χ1v) is 8.66. The summed E-state index contributed by atoms with van der Waals surface area (Å²) in [6, 6.07) is 10.1. The number of amides is 1. The van der Waals surface area contributed by atoms with Gasteiger partial charge in [0.15, 0.2) is 0 Å². The quantitative estimate of drug-likeness (QED) is 0.874. The molecule has 1 saturated carbocycles. The van der Waals surface area contributed by atoms with Gasteiger partial charge in [-0.25, -0.2) is 9.97 Å². The van der Waals surface area contributed by atoms with Crippen LogP contribution >= 0.6 is 0 Å². The van der Waals surface area contributed by atoms with Crippen molar-refractivity contribution in [3.05, 3.63) is 47.4 Å². The predicted molar refractivity (Wildman–Crippen MR) is 96.4 cm³/mol. The first-order valence-electron chi connectivity index (χ1n) is 8.66. The molecule has 0 atom stereocenters. The average molecular weight is 324 g/mol. The van der Waals surface area contributed by atoms with Crippen molar-refractivity contribution in [3.8, 4) is 0 Å². The highest BCUT2D eigenvalue weighted by atomic mass is 16.1. The summed E-state index contributed by atoms with van der Waals surface area (Å²) in [7, 11) is 0. The number of carbonyl (C=O) groups excluding carboxylic acids is 1. The molecule has 0 bridgehead atoms. The zero-order valence-corrected chi connectivity index (χ0v) is 14.3. The number of carbonyl (C=O) groups is 1. The summed E-state index contributed by atoms with van der Waals surface area (Å²) in [5.41, 5.74) is 2.41. The Morgan fingerprint density at radius 3 is 2.54 bits per heavy atom. The van der Waals surface area contributed by atoms with Crippen molar-refractivity contribution >= 4 is 17.4 Å². The zero-order chi connectivity index (χ0) is 16.9. The van der Waals surface area contributed by atoms with E-state index in [1.165, 1.54) is 18.4 Å². The Kier molecular flexibility index (Phi) is 5.08. The van der Waals surface area contributed by atoms with Gasteiger partial charge in [-0.15, -0.1) is 0 Å². The highest BCUT2D eigenvalue weighted by Gasteiger charge is 2.17. The number of hydrogen-bond donors (Lipinski definition) is 2. The lowest BCUT2D eigenvalue weighted by Gasteiger charge is -2.14. The largest absolute Gasteiger partial charge is 0.367 e. The molecular formula is C19H24N4O. The number of benzene rings is 1. The van der Waals surface area contributed by atoms with Gasteiger partial charge in [0, 0.05) is 17.8 Å². The van der Waals surface area contributed by atoms with Crippen LogP contribution in [0.2, 0.25) is 0 Å². The van der Waals surface area contributed by atoms with Crippen LogP contribution < -0.4 is 10.6 Å². The molecular weight excluding hydrogens is 300 g/mol. The Balaban J connectivity index is 1.72. The Labute approximate surface area is 142 Å². The summed E-state index contributed by atoms with van der Waals surface area (Å²) in [6.07, 6.45) is 5.81. The second kappa shape index (κ2) is 7.43. The maximum Gasteiger partial charge on any atom is 0.274 e. The summed E-state index contributed by atoms with van der Waals surface area (Å²) < 4.78 is 0. The van der Waals surface area contributed by atoms with Crippen molar-refractivity contribution in [2.24, 2.45) is 0 Å². The topological polar surface area (TPSA) is 66.9 Å². The molecule has 1 aromatic carbocycles. The summed E-state index contributed by atoms with van der Waals surface area (Å²) in [5.74, 6) is 1.13. The number of nitrogens with one attached hydrogen (secondary N) is 2. The van der Waals surface area contributed by atoms with Crippen LogP contribution in [-0.2, 0) is 6.42 Å². The SMILES string of the molecule is CCc1ccc(NC(=O)c2cc(NC3CCCC3)nc(C)n2)cc1. The molecule has 0 unspecified atom stereocenters. The molecule has 2 N–H and O–H groups in total. The molecule has 5 heteroatoms. The summed E-state index contributed by atoms with van der Waals surface area (Å²) in [6.45, 7) is 3.92. The molecule has 1 aliphatic carbocycles. The van der Waals surface area contributed by atoms with Crippen LogP contribution in [0.15, 0.2) is 30.3 Å². The van der Waals surface area contributed by atoms with E-state index in [9.17, 15) is 4.79 Å². The van der Waals surface area contributed by atoms with Gasteiger partial charge in [-0.1, -0.05) is 31.9 Å². The minimum atomic E-state index is -0.209. The second-order valence-corrected chi connectivity index (χ2v) is 6.32. The Bertz CT molecular complexity index is 706. The molecule has 0 radical (unpaired) electrons. The van der Waals surface area contributed by atoms with Crippen molar-refractivity contribution in [2.45, 2.75) is 52.0 Å². The fourth-order valence-electron chi connectivity index (χ4n) is 3.06. The second-order valence-electron chi connectivity index (χ2n) is 6.32. The lowest BCUT2D eigenvalue weighted by atomic mass is 10.1. The molecule has 3 rings (SSSR count). The monoisotopic (exact) mass is 324 g/mol. The minimum absolute atomic E-state index is 0.209. The fourth-order valence-corrected chi connectivity index (χ4v) is 3.06. The standard InChI is InChI=1S/C19H24N4O/c1-3-14-8-10-16(11-9-14)23-19(24)17-12-18(21-13(2)20-17)22-15-6-4-5-7-15/h8-12,15H,3-7H2,1-2H3,(H,23,24)(H,20,21,22). The summed E-state index contributed by atoms with van der Waals surface area (Å²) in [5, 5.41) is 6.33. The molecule has 0 saturated heterocycles. The number of rotatable bonds is 5. The number of aryl methyl sites for hydroxylation is 2. The summed E-state index contributed by atoms with van der Waals surface area (Å²) in [4.78, 5) is 21.2. The Morgan fingerprint density at radius 2 is 1.88 bits per heavy atom. The van der Waals surface area contributed by atoms with Crippen molar-refractivity contribution in [2.75, 3.05) is 10.6 Å². The van der Waals surface area contributed by atoms with Crippen molar-refractivity contribution in [1.29, 1.82) is 0 Å². The molecule has 1 aliphatic rings. The number of nitrogens with zero attached hydrogens (tertiary/aromatic N) is 2.